The molecule has 1 aliphatic rings. The number of nitrogens with zero attached hydrogens (tertiary/aromatic N) is 2. The SMILES string of the molecule is O=C1NCCCC[C@H]1N(Cc1cnc[nH]1)S(=O)(=O)c1ccc(Cl)cc1. The lowest BCUT2D eigenvalue weighted by Crippen LogP contribution is -2.48. The van der Waals surface area contributed by atoms with Gasteiger partial charge in [0.05, 0.1) is 17.8 Å². The maximum Gasteiger partial charge on any atom is 0.244 e. The predicted octanol–water partition coefficient (Wildman–Crippen LogP) is 1.92. The third-order valence-corrected chi connectivity index (χ3v) is 6.28. The average molecular weight is 383 g/mol. The first-order chi connectivity index (χ1) is 12.0. The lowest BCUT2D eigenvalue weighted by molar-refractivity contribution is -0.124. The molecule has 1 saturated heterocycles. The molecule has 0 unspecified atom stereocenters. The van der Waals surface area contributed by atoms with Gasteiger partial charge >= 0.3 is 0 Å². The number of H-pyrrole nitrogens is 1. The fraction of sp³-hybridized carbons (Fsp3) is 0.375. The molecule has 134 valence electrons. The summed E-state index contributed by atoms with van der Waals surface area (Å²) in [7, 11) is -3.88. The summed E-state index contributed by atoms with van der Waals surface area (Å²) in [4.78, 5) is 19.4. The minimum absolute atomic E-state index is 0.0447. The zero-order valence-corrected chi connectivity index (χ0v) is 15.1. The van der Waals surface area contributed by atoms with E-state index in [4.69, 9.17) is 11.6 Å². The Bertz CT molecular complexity index is 822. The Kier molecular flexibility index (Phi) is 5.41. The standard InChI is InChI=1S/C16H19ClN4O3S/c17-12-4-6-14(7-5-12)25(23,24)21(10-13-9-18-11-20-13)15-3-1-2-8-19-16(15)22/h4-7,9,11,15H,1-3,8,10H2,(H,18,20)(H,19,22)/t15-/m1/s1. The summed E-state index contributed by atoms with van der Waals surface area (Å²) in [5.41, 5.74) is 0.620. The number of sulfonamides is 1. The Morgan fingerprint density at radius 3 is 2.68 bits per heavy atom. The van der Waals surface area contributed by atoms with Gasteiger partial charge in [0.25, 0.3) is 0 Å². The predicted molar refractivity (Wildman–Crippen MR) is 93.4 cm³/mol. The number of nitrogens with one attached hydrogen (secondary N) is 2. The van der Waals surface area contributed by atoms with Crippen molar-refractivity contribution in [3.05, 3.63) is 47.5 Å². The van der Waals surface area contributed by atoms with Crippen LogP contribution in [0.1, 0.15) is 25.0 Å². The first-order valence-corrected chi connectivity index (χ1v) is 9.82. The van der Waals surface area contributed by atoms with Gasteiger partial charge in [0.2, 0.25) is 15.9 Å². The molecule has 25 heavy (non-hydrogen) atoms. The second-order valence-electron chi connectivity index (χ2n) is 5.88. The van der Waals surface area contributed by atoms with E-state index in [2.05, 4.69) is 15.3 Å². The normalized spacial score (nSPS) is 18.8. The molecule has 1 atom stereocenters. The van der Waals surface area contributed by atoms with E-state index in [1.165, 1.54) is 34.9 Å². The van der Waals surface area contributed by atoms with Gasteiger partial charge in [-0.25, -0.2) is 13.4 Å². The smallest absolute Gasteiger partial charge is 0.244 e. The molecule has 1 aromatic carbocycles. The lowest BCUT2D eigenvalue weighted by Gasteiger charge is -2.28. The van der Waals surface area contributed by atoms with E-state index in [0.717, 1.165) is 12.8 Å². The largest absolute Gasteiger partial charge is 0.355 e. The molecule has 2 aromatic rings. The summed E-state index contributed by atoms with van der Waals surface area (Å²) >= 11 is 5.86. The van der Waals surface area contributed by atoms with Crippen molar-refractivity contribution in [1.82, 2.24) is 19.6 Å². The first kappa shape index (κ1) is 17.9. The minimum Gasteiger partial charge on any atom is -0.355 e. The van der Waals surface area contributed by atoms with Crippen LogP contribution in [0.4, 0.5) is 0 Å². The summed E-state index contributed by atoms with van der Waals surface area (Å²) < 4.78 is 27.6. The van der Waals surface area contributed by atoms with E-state index in [-0.39, 0.29) is 17.3 Å². The van der Waals surface area contributed by atoms with Crippen molar-refractivity contribution >= 4 is 27.5 Å². The fourth-order valence-corrected chi connectivity index (χ4v) is 4.56. The molecule has 0 spiro atoms. The number of hydrogen-bond donors (Lipinski definition) is 2. The Balaban J connectivity index is 2.00. The number of aromatic amines is 1. The first-order valence-electron chi connectivity index (χ1n) is 8.01. The van der Waals surface area contributed by atoms with Gasteiger partial charge in [0.15, 0.2) is 0 Å². The molecule has 3 rings (SSSR count). The van der Waals surface area contributed by atoms with Crippen LogP contribution in [0.15, 0.2) is 41.7 Å². The molecule has 0 bridgehead atoms. The second kappa shape index (κ2) is 7.55. The van der Waals surface area contributed by atoms with Gasteiger partial charge in [-0.05, 0) is 43.5 Å². The maximum atomic E-state index is 13.2. The summed E-state index contributed by atoms with van der Waals surface area (Å²) in [6.07, 6.45) is 5.13. The highest BCUT2D eigenvalue weighted by Crippen LogP contribution is 2.25. The van der Waals surface area contributed by atoms with Gasteiger partial charge in [-0.15, -0.1) is 0 Å². The van der Waals surface area contributed by atoms with Crippen molar-refractivity contribution in [3.63, 3.8) is 0 Å². The number of halogens is 1. The van der Waals surface area contributed by atoms with E-state index in [0.29, 0.717) is 23.7 Å². The molecule has 0 saturated carbocycles. The minimum atomic E-state index is -3.88. The van der Waals surface area contributed by atoms with Gasteiger partial charge in [0.1, 0.15) is 6.04 Å². The molecule has 7 nitrogen and oxygen atoms in total. The van der Waals surface area contributed by atoms with E-state index in [9.17, 15) is 13.2 Å². The van der Waals surface area contributed by atoms with Crippen LogP contribution < -0.4 is 5.32 Å². The summed E-state index contributed by atoms with van der Waals surface area (Å²) in [6.45, 7) is 0.608. The van der Waals surface area contributed by atoms with Crippen molar-refractivity contribution in [3.8, 4) is 0 Å². The number of benzene rings is 1. The molecule has 9 heteroatoms. The molecule has 0 aliphatic carbocycles. The molecular weight excluding hydrogens is 364 g/mol. The van der Waals surface area contributed by atoms with Gasteiger partial charge < -0.3 is 10.3 Å². The van der Waals surface area contributed by atoms with Crippen LogP contribution in [0.3, 0.4) is 0 Å². The zero-order chi connectivity index (χ0) is 17.9. The van der Waals surface area contributed by atoms with Crippen molar-refractivity contribution < 1.29 is 13.2 Å². The topological polar surface area (TPSA) is 95.2 Å². The third kappa shape index (κ3) is 4.02. The third-order valence-electron chi connectivity index (χ3n) is 4.16. The average Bonchev–Trinajstić information content (AvgIpc) is 3.01. The van der Waals surface area contributed by atoms with Gasteiger partial charge in [-0.3, -0.25) is 4.79 Å². The van der Waals surface area contributed by atoms with Gasteiger partial charge in [0, 0.05) is 23.5 Å². The molecule has 0 radical (unpaired) electrons. The van der Waals surface area contributed by atoms with Crippen LogP contribution in [0.5, 0.6) is 0 Å². The summed E-state index contributed by atoms with van der Waals surface area (Å²) in [5.74, 6) is -0.269. The van der Waals surface area contributed by atoms with E-state index in [1.54, 1.807) is 6.20 Å². The summed E-state index contributed by atoms with van der Waals surface area (Å²) in [6, 6.07) is 5.19. The zero-order valence-electron chi connectivity index (χ0n) is 13.5. The Morgan fingerprint density at radius 1 is 1.24 bits per heavy atom. The Morgan fingerprint density at radius 2 is 2.00 bits per heavy atom. The van der Waals surface area contributed by atoms with Crippen molar-refractivity contribution in [2.45, 2.75) is 36.7 Å². The fourth-order valence-electron chi connectivity index (χ4n) is 2.84. The lowest BCUT2D eigenvalue weighted by atomic mass is 10.1. The van der Waals surface area contributed by atoms with Crippen LogP contribution in [-0.4, -0.2) is 41.2 Å². The van der Waals surface area contributed by atoms with E-state index >= 15 is 0 Å². The van der Waals surface area contributed by atoms with Crippen LogP contribution in [0.25, 0.3) is 0 Å². The molecule has 2 N–H and O–H groups in total. The van der Waals surface area contributed by atoms with E-state index < -0.39 is 16.1 Å². The number of amides is 1. The Labute approximate surface area is 151 Å². The highest BCUT2D eigenvalue weighted by Gasteiger charge is 2.36. The highest BCUT2D eigenvalue weighted by molar-refractivity contribution is 7.89. The molecule has 2 heterocycles. The van der Waals surface area contributed by atoms with Crippen LogP contribution >= 0.6 is 11.6 Å². The van der Waals surface area contributed by atoms with Crippen molar-refractivity contribution in [1.29, 1.82) is 0 Å². The monoisotopic (exact) mass is 382 g/mol. The van der Waals surface area contributed by atoms with Gasteiger partial charge in [-0.1, -0.05) is 11.6 Å². The van der Waals surface area contributed by atoms with Crippen LogP contribution in [0.2, 0.25) is 5.02 Å². The number of carbonyl (C=O) groups is 1. The molecule has 1 amide bonds. The number of aromatic nitrogens is 2. The quantitative estimate of drug-likeness (QED) is 0.825. The van der Waals surface area contributed by atoms with Crippen LogP contribution in [-0.2, 0) is 21.4 Å². The van der Waals surface area contributed by atoms with Crippen LogP contribution in [0, 0.1) is 0 Å². The number of rotatable bonds is 5. The summed E-state index contributed by atoms with van der Waals surface area (Å²) in [5, 5.41) is 3.25. The van der Waals surface area contributed by atoms with Crippen molar-refractivity contribution in [2.75, 3.05) is 6.54 Å². The molecular formula is C16H19ClN4O3S. The molecule has 1 aliphatic heterocycles. The molecule has 1 aromatic heterocycles. The number of hydrogen-bond acceptors (Lipinski definition) is 4. The maximum absolute atomic E-state index is 13.2. The second-order valence-corrected chi connectivity index (χ2v) is 8.21. The van der Waals surface area contributed by atoms with Gasteiger partial charge in [-0.2, -0.15) is 4.31 Å². The molecule has 1 fully saturated rings. The Hall–Kier alpha value is -1.90. The van der Waals surface area contributed by atoms with Crippen molar-refractivity contribution in [2.24, 2.45) is 0 Å². The highest BCUT2D eigenvalue weighted by atomic mass is 35.5. The van der Waals surface area contributed by atoms with E-state index in [1.807, 2.05) is 0 Å². The number of imidazole rings is 1. The number of carbonyl (C=O) groups excluding carboxylic acids is 1.